The fourth-order valence-corrected chi connectivity index (χ4v) is 2.25. The van der Waals surface area contributed by atoms with Crippen LogP contribution in [-0.2, 0) is 0 Å². The standard InChI is InChI=1S/C17H22N2O2/c1-13(2)10-16(20)12-18-17(21)14-6-5-7-15(11-14)19-8-3-4-9-19/h3-9,11,13,16,20H,10,12H2,1-2H3,(H,18,21). The summed E-state index contributed by atoms with van der Waals surface area (Å²) in [5.74, 6) is 0.251. The number of nitrogens with one attached hydrogen (secondary N) is 1. The molecule has 0 aliphatic rings. The molecule has 112 valence electrons. The van der Waals surface area contributed by atoms with Crippen LogP contribution in [0.1, 0.15) is 30.6 Å². The first-order valence-corrected chi connectivity index (χ1v) is 7.26. The lowest BCUT2D eigenvalue weighted by Gasteiger charge is -2.14. The summed E-state index contributed by atoms with van der Waals surface area (Å²) in [6, 6.07) is 11.3. The molecule has 1 heterocycles. The minimum atomic E-state index is -0.499. The van der Waals surface area contributed by atoms with Crippen molar-refractivity contribution in [2.45, 2.75) is 26.4 Å². The van der Waals surface area contributed by atoms with Crippen LogP contribution in [0.15, 0.2) is 48.8 Å². The number of carbonyl (C=O) groups excluding carboxylic acids is 1. The Morgan fingerprint density at radius 2 is 1.95 bits per heavy atom. The molecule has 4 heteroatoms. The molecule has 0 aliphatic carbocycles. The Bertz CT molecular complexity index is 576. The Kier molecular flexibility index (Phi) is 5.17. The molecule has 2 aromatic rings. The highest BCUT2D eigenvalue weighted by atomic mass is 16.3. The van der Waals surface area contributed by atoms with Gasteiger partial charge in [-0.25, -0.2) is 0 Å². The van der Waals surface area contributed by atoms with Crippen LogP contribution in [0.25, 0.3) is 5.69 Å². The number of hydrogen-bond donors (Lipinski definition) is 2. The van der Waals surface area contributed by atoms with Crippen LogP contribution in [-0.4, -0.2) is 28.2 Å². The first kappa shape index (κ1) is 15.3. The average molecular weight is 286 g/mol. The van der Waals surface area contributed by atoms with Crippen LogP contribution in [0.3, 0.4) is 0 Å². The highest BCUT2D eigenvalue weighted by Crippen LogP contribution is 2.11. The zero-order valence-corrected chi connectivity index (χ0v) is 12.5. The monoisotopic (exact) mass is 286 g/mol. The summed E-state index contributed by atoms with van der Waals surface area (Å²) in [6.45, 7) is 4.38. The third-order valence-electron chi connectivity index (χ3n) is 3.25. The van der Waals surface area contributed by atoms with Crippen LogP contribution >= 0.6 is 0 Å². The molecule has 4 nitrogen and oxygen atoms in total. The van der Waals surface area contributed by atoms with Crippen molar-refractivity contribution in [1.29, 1.82) is 0 Å². The highest BCUT2D eigenvalue weighted by molar-refractivity contribution is 5.94. The molecule has 1 aromatic carbocycles. The highest BCUT2D eigenvalue weighted by Gasteiger charge is 2.11. The zero-order valence-electron chi connectivity index (χ0n) is 12.5. The second-order valence-electron chi connectivity index (χ2n) is 5.63. The molecule has 1 aromatic heterocycles. The molecule has 1 atom stereocenters. The Morgan fingerprint density at radius 1 is 1.24 bits per heavy atom. The number of aliphatic hydroxyl groups is 1. The number of aliphatic hydroxyl groups excluding tert-OH is 1. The molecule has 0 aliphatic heterocycles. The van der Waals surface area contributed by atoms with E-state index in [0.717, 1.165) is 5.69 Å². The molecular formula is C17H22N2O2. The van der Waals surface area contributed by atoms with Gasteiger partial charge in [0.2, 0.25) is 0 Å². The third kappa shape index (κ3) is 4.46. The van der Waals surface area contributed by atoms with Crippen molar-refractivity contribution >= 4 is 5.91 Å². The van der Waals surface area contributed by atoms with E-state index in [1.165, 1.54) is 0 Å². The van der Waals surface area contributed by atoms with Gasteiger partial charge in [-0.1, -0.05) is 19.9 Å². The summed E-state index contributed by atoms with van der Waals surface area (Å²) in [6.07, 6.45) is 4.05. The Hall–Kier alpha value is -2.07. The normalized spacial score (nSPS) is 12.4. The van der Waals surface area contributed by atoms with E-state index in [2.05, 4.69) is 5.32 Å². The molecule has 1 amide bonds. The van der Waals surface area contributed by atoms with Crippen molar-refractivity contribution in [2.24, 2.45) is 5.92 Å². The van der Waals surface area contributed by atoms with Crippen molar-refractivity contribution in [1.82, 2.24) is 9.88 Å². The summed E-state index contributed by atoms with van der Waals surface area (Å²) in [7, 11) is 0. The first-order chi connectivity index (χ1) is 10.1. The number of carbonyl (C=O) groups is 1. The molecular weight excluding hydrogens is 264 g/mol. The predicted molar refractivity (Wildman–Crippen MR) is 83.6 cm³/mol. The van der Waals surface area contributed by atoms with Crippen molar-refractivity contribution in [3.8, 4) is 5.69 Å². The molecule has 1 unspecified atom stereocenters. The lowest BCUT2D eigenvalue weighted by molar-refractivity contribution is 0.0900. The summed E-state index contributed by atoms with van der Waals surface area (Å²) in [5.41, 5.74) is 1.54. The van der Waals surface area contributed by atoms with Crippen LogP contribution in [0.5, 0.6) is 0 Å². The molecule has 0 spiro atoms. The van der Waals surface area contributed by atoms with Gasteiger partial charge in [0.15, 0.2) is 0 Å². The smallest absolute Gasteiger partial charge is 0.251 e. The number of amides is 1. The van der Waals surface area contributed by atoms with Crippen LogP contribution in [0.4, 0.5) is 0 Å². The maximum atomic E-state index is 12.1. The summed E-state index contributed by atoms with van der Waals surface area (Å²) < 4.78 is 1.95. The minimum absolute atomic E-state index is 0.160. The van der Waals surface area contributed by atoms with Gasteiger partial charge >= 0.3 is 0 Å². The fourth-order valence-electron chi connectivity index (χ4n) is 2.25. The van der Waals surface area contributed by atoms with E-state index in [1.54, 1.807) is 6.07 Å². The fraction of sp³-hybridized carbons (Fsp3) is 0.353. The van der Waals surface area contributed by atoms with E-state index in [1.807, 2.05) is 61.1 Å². The first-order valence-electron chi connectivity index (χ1n) is 7.26. The second kappa shape index (κ2) is 7.09. The van der Waals surface area contributed by atoms with E-state index in [4.69, 9.17) is 0 Å². The summed E-state index contributed by atoms with van der Waals surface area (Å²) >= 11 is 0. The average Bonchev–Trinajstić information content (AvgIpc) is 2.98. The van der Waals surface area contributed by atoms with Gasteiger partial charge in [0.05, 0.1) is 6.10 Å². The van der Waals surface area contributed by atoms with Crippen molar-refractivity contribution in [2.75, 3.05) is 6.54 Å². The minimum Gasteiger partial charge on any atom is -0.391 e. The topological polar surface area (TPSA) is 54.3 Å². The van der Waals surface area contributed by atoms with Crippen molar-refractivity contribution < 1.29 is 9.90 Å². The van der Waals surface area contributed by atoms with Gasteiger partial charge in [0, 0.05) is 30.2 Å². The second-order valence-corrected chi connectivity index (χ2v) is 5.63. The van der Waals surface area contributed by atoms with Gasteiger partial charge in [-0.3, -0.25) is 4.79 Å². The molecule has 0 radical (unpaired) electrons. The van der Waals surface area contributed by atoms with Gasteiger partial charge < -0.3 is 15.0 Å². The van der Waals surface area contributed by atoms with Crippen molar-refractivity contribution in [3.05, 3.63) is 54.4 Å². The quantitative estimate of drug-likeness (QED) is 0.857. The molecule has 0 saturated carbocycles. The number of benzene rings is 1. The molecule has 2 rings (SSSR count). The SMILES string of the molecule is CC(C)CC(O)CNC(=O)c1cccc(-n2cccc2)c1. The maximum absolute atomic E-state index is 12.1. The largest absolute Gasteiger partial charge is 0.391 e. The van der Waals surface area contributed by atoms with E-state index >= 15 is 0 Å². The number of hydrogen-bond acceptors (Lipinski definition) is 2. The molecule has 0 bridgehead atoms. The summed E-state index contributed by atoms with van der Waals surface area (Å²) in [5, 5.41) is 12.6. The Labute approximate surface area is 125 Å². The Morgan fingerprint density at radius 3 is 2.62 bits per heavy atom. The van der Waals surface area contributed by atoms with Crippen LogP contribution in [0, 0.1) is 5.92 Å². The Balaban J connectivity index is 1.98. The zero-order chi connectivity index (χ0) is 15.2. The van der Waals surface area contributed by atoms with Gasteiger partial charge in [0.25, 0.3) is 5.91 Å². The molecule has 0 fully saturated rings. The van der Waals surface area contributed by atoms with Crippen LogP contribution < -0.4 is 5.32 Å². The van der Waals surface area contributed by atoms with Crippen LogP contribution in [0.2, 0.25) is 0 Å². The number of nitrogens with zero attached hydrogens (tertiary/aromatic N) is 1. The molecule has 0 saturated heterocycles. The van der Waals surface area contributed by atoms with E-state index < -0.39 is 6.10 Å². The van der Waals surface area contributed by atoms with Gasteiger partial charge in [-0.15, -0.1) is 0 Å². The van der Waals surface area contributed by atoms with Gasteiger partial charge in [-0.05, 0) is 42.7 Å². The summed E-state index contributed by atoms with van der Waals surface area (Å²) in [4.78, 5) is 12.1. The lowest BCUT2D eigenvalue weighted by atomic mass is 10.1. The van der Waals surface area contributed by atoms with E-state index in [0.29, 0.717) is 17.9 Å². The maximum Gasteiger partial charge on any atom is 0.251 e. The lowest BCUT2D eigenvalue weighted by Crippen LogP contribution is -2.32. The van der Waals surface area contributed by atoms with Gasteiger partial charge in [0.1, 0.15) is 0 Å². The van der Waals surface area contributed by atoms with Crippen molar-refractivity contribution in [3.63, 3.8) is 0 Å². The van der Waals surface area contributed by atoms with E-state index in [-0.39, 0.29) is 12.5 Å². The molecule has 21 heavy (non-hydrogen) atoms. The van der Waals surface area contributed by atoms with E-state index in [9.17, 15) is 9.90 Å². The number of rotatable bonds is 6. The molecule has 2 N–H and O–H groups in total. The third-order valence-corrected chi connectivity index (χ3v) is 3.25. The van der Waals surface area contributed by atoms with Gasteiger partial charge in [-0.2, -0.15) is 0 Å². The number of aromatic nitrogens is 1. The predicted octanol–water partition coefficient (Wildman–Crippen LogP) is 2.61.